The van der Waals surface area contributed by atoms with Crippen LogP contribution in [-0.2, 0) is 9.59 Å². The Kier molecular flexibility index (Phi) is 6.06. The van der Waals surface area contributed by atoms with Gasteiger partial charge in [0.05, 0.1) is 0 Å². The summed E-state index contributed by atoms with van der Waals surface area (Å²) in [6.45, 7) is 1.99. The van der Waals surface area contributed by atoms with Crippen LogP contribution in [0, 0.1) is 0 Å². The van der Waals surface area contributed by atoms with E-state index >= 15 is 0 Å². The molecule has 0 atom stereocenters. The zero-order chi connectivity index (χ0) is 15.1. The third-order valence-electron chi connectivity index (χ3n) is 2.63. The van der Waals surface area contributed by atoms with Crippen molar-refractivity contribution in [1.29, 1.82) is 0 Å². The molecule has 0 radical (unpaired) electrons. The molecule has 1 amide bonds. The zero-order valence-corrected chi connectivity index (χ0v) is 11.9. The van der Waals surface area contributed by atoms with Gasteiger partial charge in [-0.1, -0.05) is 17.7 Å². The fraction of sp³-hybridized carbons (Fsp3) is 0.286. The summed E-state index contributed by atoms with van der Waals surface area (Å²) in [5.74, 6) is -1.12. The first-order valence-electron chi connectivity index (χ1n) is 6.13. The Hall–Kier alpha value is -2.01. The van der Waals surface area contributed by atoms with Gasteiger partial charge < -0.3 is 16.2 Å². The van der Waals surface area contributed by atoms with Gasteiger partial charge in [0, 0.05) is 29.2 Å². The Balaban J connectivity index is 2.59. The lowest BCUT2D eigenvalue weighted by atomic mass is 10.1. The lowest BCUT2D eigenvalue weighted by molar-refractivity contribution is -0.137. The number of nitrogen functional groups attached to an aromatic ring is 1. The van der Waals surface area contributed by atoms with Crippen molar-refractivity contribution in [2.75, 3.05) is 12.3 Å². The highest BCUT2D eigenvalue weighted by Gasteiger charge is 2.06. The number of benzene rings is 1. The van der Waals surface area contributed by atoms with Crippen molar-refractivity contribution < 1.29 is 14.7 Å². The Bertz CT molecular complexity index is 541. The molecule has 108 valence electrons. The van der Waals surface area contributed by atoms with Crippen LogP contribution in [0.3, 0.4) is 0 Å². The van der Waals surface area contributed by atoms with Gasteiger partial charge >= 0.3 is 5.97 Å². The number of nitrogens with one attached hydrogen (secondary N) is 1. The quantitative estimate of drug-likeness (QED) is 0.427. The van der Waals surface area contributed by atoms with Gasteiger partial charge in [-0.3, -0.25) is 9.59 Å². The fourth-order valence-electron chi connectivity index (χ4n) is 1.56. The molecule has 4 N–H and O–H groups in total. The first-order chi connectivity index (χ1) is 9.40. The monoisotopic (exact) mass is 296 g/mol. The van der Waals surface area contributed by atoms with Crippen LogP contribution in [-0.4, -0.2) is 23.5 Å². The van der Waals surface area contributed by atoms with E-state index in [9.17, 15) is 9.59 Å². The van der Waals surface area contributed by atoms with E-state index in [2.05, 4.69) is 5.32 Å². The summed E-state index contributed by atoms with van der Waals surface area (Å²) in [5.41, 5.74) is 7.50. The minimum Gasteiger partial charge on any atom is -0.481 e. The van der Waals surface area contributed by atoms with Crippen LogP contribution in [0.25, 0.3) is 6.08 Å². The zero-order valence-electron chi connectivity index (χ0n) is 11.1. The summed E-state index contributed by atoms with van der Waals surface area (Å²) in [4.78, 5) is 22.1. The Labute approximate surface area is 122 Å². The van der Waals surface area contributed by atoms with Gasteiger partial charge in [0.15, 0.2) is 0 Å². The molecule has 0 aromatic heterocycles. The first kappa shape index (κ1) is 16.0. The molecule has 6 heteroatoms. The standard InChI is InChI=1S/C14H17ClN2O3/c1-9(14(20)17-6-2-3-13(18)19)7-10-4-5-11(15)8-12(10)16/h4-5,7-8H,2-3,6,16H2,1H3,(H,17,20)(H,18,19)/b9-7+. The van der Waals surface area contributed by atoms with Crippen molar-refractivity contribution in [3.8, 4) is 0 Å². The van der Waals surface area contributed by atoms with E-state index in [-0.39, 0.29) is 12.3 Å². The summed E-state index contributed by atoms with van der Waals surface area (Å²) in [6.07, 6.45) is 2.10. The Morgan fingerprint density at radius 2 is 2.15 bits per heavy atom. The number of carbonyl (C=O) groups is 2. The van der Waals surface area contributed by atoms with Gasteiger partial charge in [0.2, 0.25) is 5.91 Å². The molecule has 0 saturated carbocycles. The summed E-state index contributed by atoms with van der Waals surface area (Å²) >= 11 is 5.80. The third kappa shape index (κ3) is 5.32. The maximum absolute atomic E-state index is 11.8. The molecule has 0 aliphatic carbocycles. The van der Waals surface area contributed by atoms with E-state index < -0.39 is 5.97 Å². The van der Waals surface area contributed by atoms with Crippen molar-refractivity contribution in [2.45, 2.75) is 19.8 Å². The minimum absolute atomic E-state index is 0.0349. The largest absolute Gasteiger partial charge is 0.481 e. The molecule has 0 unspecified atom stereocenters. The predicted molar refractivity (Wildman–Crippen MR) is 79.4 cm³/mol. The molecule has 0 saturated heterocycles. The normalized spacial score (nSPS) is 11.2. The second-order valence-corrected chi connectivity index (χ2v) is 4.79. The molecular weight excluding hydrogens is 280 g/mol. The average Bonchev–Trinajstić information content (AvgIpc) is 2.37. The van der Waals surface area contributed by atoms with Gasteiger partial charge in [-0.15, -0.1) is 0 Å². The van der Waals surface area contributed by atoms with E-state index in [0.717, 1.165) is 0 Å². The molecule has 0 bridgehead atoms. The number of rotatable bonds is 6. The van der Waals surface area contributed by atoms with E-state index in [0.29, 0.717) is 34.8 Å². The van der Waals surface area contributed by atoms with Crippen LogP contribution < -0.4 is 11.1 Å². The molecule has 0 aliphatic heterocycles. The summed E-state index contributed by atoms with van der Waals surface area (Å²) < 4.78 is 0. The van der Waals surface area contributed by atoms with Crippen molar-refractivity contribution in [3.63, 3.8) is 0 Å². The topological polar surface area (TPSA) is 92.4 Å². The number of carbonyl (C=O) groups excluding carboxylic acids is 1. The van der Waals surface area contributed by atoms with E-state index in [1.165, 1.54) is 0 Å². The van der Waals surface area contributed by atoms with E-state index in [1.807, 2.05) is 0 Å². The molecule has 20 heavy (non-hydrogen) atoms. The highest BCUT2D eigenvalue weighted by atomic mass is 35.5. The second-order valence-electron chi connectivity index (χ2n) is 4.35. The van der Waals surface area contributed by atoms with Crippen LogP contribution >= 0.6 is 11.6 Å². The first-order valence-corrected chi connectivity index (χ1v) is 6.51. The van der Waals surface area contributed by atoms with Crippen LogP contribution in [0.2, 0.25) is 5.02 Å². The van der Waals surface area contributed by atoms with Crippen molar-refractivity contribution in [3.05, 3.63) is 34.4 Å². The number of aliphatic carboxylic acids is 1. The highest BCUT2D eigenvalue weighted by Crippen LogP contribution is 2.20. The lowest BCUT2D eigenvalue weighted by Crippen LogP contribution is -2.25. The summed E-state index contributed by atoms with van der Waals surface area (Å²) in [7, 11) is 0. The van der Waals surface area contributed by atoms with Gasteiger partial charge in [-0.2, -0.15) is 0 Å². The number of carboxylic acid groups (broad SMARTS) is 1. The minimum atomic E-state index is -0.875. The fourth-order valence-corrected chi connectivity index (χ4v) is 1.74. The number of hydrogen-bond donors (Lipinski definition) is 3. The smallest absolute Gasteiger partial charge is 0.303 e. The number of halogens is 1. The number of hydrogen-bond acceptors (Lipinski definition) is 3. The van der Waals surface area contributed by atoms with Crippen LogP contribution in [0.4, 0.5) is 5.69 Å². The van der Waals surface area contributed by atoms with Gasteiger partial charge in [0.1, 0.15) is 0 Å². The molecule has 1 rings (SSSR count). The van der Waals surface area contributed by atoms with Gasteiger partial charge in [-0.25, -0.2) is 0 Å². The molecule has 0 aliphatic rings. The molecule has 1 aromatic carbocycles. The number of carboxylic acids is 1. The average molecular weight is 297 g/mol. The molecular formula is C14H17ClN2O3. The molecule has 5 nitrogen and oxygen atoms in total. The lowest BCUT2D eigenvalue weighted by Gasteiger charge is -2.06. The molecule has 0 spiro atoms. The van der Waals surface area contributed by atoms with Gasteiger partial charge in [0.25, 0.3) is 0 Å². The number of nitrogens with two attached hydrogens (primary N) is 1. The summed E-state index contributed by atoms with van der Waals surface area (Å²) in [5, 5.41) is 11.7. The molecule has 0 heterocycles. The summed E-state index contributed by atoms with van der Waals surface area (Å²) in [6, 6.07) is 5.05. The Morgan fingerprint density at radius 1 is 1.45 bits per heavy atom. The van der Waals surface area contributed by atoms with Crippen LogP contribution in [0.15, 0.2) is 23.8 Å². The molecule has 1 aromatic rings. The van der Waals surface area contributed by atoms with Crippen molar-refractivity contribution >= 4 is 35.2 Å². The van der Waals surface area contributed by atoms with E-state index in [1.54, 1.807) is 31.2 Å². The second kappa shape index (κ2) is 7.55. The maximum atomic E-state index is 11.8. The number of amides is 1. The van der Waals surface area contributed by atoms with Crippen LogP contribution in [0.5, 0.6) is 0 Å². The van der Waals surface area contributed by atoms with Crippen molar-refractivity contribution in [2.24, 2.45) is 0 Å². The maximum Gasteiger partial charge on any atom is 0.303 e. The SMILES string of the molecule is C/C(=C\c1ccc(Cl)cc1N)C(=O)NCCCC(=O)O. The predicted octanol–water partition coefficient (Wildman–Crippen LogP) is 2.31. The Morgan fingerprint density at radius 3 is 2.75 bits per heavy atom. The van der Waals surface area contributed by atoms with E-state index in [4.69, 9.17) is 22.4 Å². The number of anilines is 1. The van der Waals surface area contributed by atoms with Crippen molar-refractivity contribution in [1.82, 2.24) is 5.32 Å². The van der Waals surface area contributed by atoms with Gasteiger partial charge in [-0.05, 0) is 37.1 Å². The van der Waals surface area contributed by atoms with Crippen LogP contribution in [0.1, 0.15) is 25.3 Å². The highest BCUT2D eigenvalue weighted by molar-refractivity contribution is 6.30. The third-order valence-corrected chi connectivity index (χ3v) is 2.87. The molecule has 0 fully saturated rings.